The first-order chi connectivity index (χ1) is 9.56. The summed E-state index contributed by atoms with van der Waals surface area (Å²) in [6.07, 6.45) is 0.192. The van der Waals surface area contributed by atoms with Crippen LogP contribution in [0, 0.1) is 0 Å². The Morgan fingerprint density at radius 2 is 2.10 bits per heavy atom. The number of anilines is 1. The summed E-state index contributed by atoms with van der Waals surface area (Å²) in [5.74, 6) is -0.404. The summed E-state index contributed by atoms with van der Waals surface area (Å²) in [6.45, 7) is 0.228. The largest absolute Gasteiger partial charge is 0.495 e. The molecular formula is C13H16N2O5. The Morgan fingerprint density at radius 1 is 1.35 bits per heavy atom. The summed E-state index contributed by atoms with van der Waals surface area (Å²) in [5.41, 5.74) is 0.716. The van der Waals surface area contributed by atoms with Crippen LogP contribution in [0.5, 0.6) is 5.75 Å². The second-order valence-corrected chi connectivity index (χ2v) is 4.13. The minimum atomic E-state index is -0.540. The molecule has 0 unspecified atom stereocenters. The number of hydrogen-bond donors (Lipinski definition) is 1. The number of hydrogen-bond acceptors (Lipinski definition) is 5. The van der Waals surface area contributed by atoms with Gasteiger partial charge in [-0.25, -0.2) is 9.59 Å². The van der Waals surface area contributed by atoms with Gasteiger partial charge in [0.2, 0.25) is 5.91 Å². The van der Waals surface area contributed by atoms with Gasteiger partial charge in [-0.2, -0.15) is 0 Å². The number of methoxy groups -OCH3 is 2. The van der Waals surface area contributed by atoms with E-state index >= 15 is 0 Å². The molecule has 0 atom stereocenters. The molecule has 1 aromatic rings. The number of carbonyl (C=O) groups is 3. The van der Waals surface area contributed by atoms with Gasteiger partial charge in [0.15, 0.2) is 0 Å². The fourth-order valence-electron chi connectivity index (χ4n) is 1.94. The number of carbonyl (C=O) groups excluding carboxylic acids is 3. The molecule has 0 bridgehead atoms. The van der Waals surface area contributed by atoms with Gasteiger partial charge in [-0.15, -0.1) is 0 Å². The Morgan fingerprint density at radius 3 is 2.70 bits per heavy atom. The SMILES string of the molecule is COC(=O)c1ccc(OC)c(N2CCC(=O)NC2=O)c1.[HH]. The van der Waals surface area contributed by atoms with E-state index in [1.807, 2.05) is 0 Å². The van der Waals surface area contributed by atoms with Crippen molar-refractivity contribution >= 4 is 23.6 Å². The third kappa shape index (κ3) is 2.56. The van der Waals surface area contributed by atoms with Crippen molar-refractivity contribution in [1.82, 2.24) is 5.32 Å². The topological polar surface area (TPSA) is 84.9 Å². The number of ether oxygens (including phenoxy) is 2. The monoisotopic (exact) mass is 280 g/mol. The quantitative estimate of drug-likeness (QED) is 0.840. The average molecular weight is 280 g/mol. The summed E-state index contributed by atoms with van der Waals surface area (Å²) < 4.78 is 9.83. The standard InChI is InChI=1S/C13H14N2O5.H2/c1-19-10-4-3-8(12(17)20-2)7-9(10)15-6-5-11(16)14-13(15)18;/h3-4,7H,5-6H2,1-2H3,(H,14,16,18);1H. The van der Waals surface area contributed by atoms with Gasteiger partial charge in [-0.3, -0.25) is 15.0 Å². The highest BCUT2D eigenvalue weighted by Crippen LogP contribution is 2.30. The predicted molar refractivity (Wildman–Crippen MR) is 71.9 cm³/mol. The molecule has 0 saturated carbocycles. The Balaban J connectivity index is 0.00000220. The molecule has 7 nitrogen and oxygen atoms in total. The van der Waals surface area contributed by atoms with Crippen LogP contribution < -0.4 is 15.0 Å². The number of amides is 3. The van der Waals surface area contributed by atoms with Gasteiger partial charge in [0.1, 0.15) is 5.75 Å². The Bertz CT molecular complexity index is 576. The normalized spacial score (nSPS) is 14.8. The molecule has 2 rings (SSSR count). The van der Waals surface area contributed by atoms with Crippen molar-refractivity contribution in [2.75, 3.05) is 25.7 Å². The lowest BCUT2D eigenvalue weighted by molar-refractivity contribution is -0.120. The summed E-state index contributed by atoms with van der Waals surface area (Å²) >= 11 is 0. The zero-order valence-electron chi connectivity index (χ0n) is 11.1. The van der Waals surface area contributed by atoms with E-state index in [0.717, 1.165) is 0 Å². The van der Waals surface area contributed by atoms with Crippen molar-refractivity contribution < 1.29 is 25.3 Å². The van der Waals surface area contributed by atoms with Crippen molar-refractivity contribution in [1.29, 1.82) is 0 Å². The fraction of sp³-hybridized carbons (Fsp3) is 0.308. The molecule has 1 N–H and O–H groups in total. The Hall–Kier alpha value is -2.57. The number of benzene rings is 1. The van der Waals surface area contributed by atoms with E-state index in [2.05, 4.69) is 10.1 Å². The number of nitrogens with one attached hydrogen (secondary N) is 1. The number of urea groups is 1. The lowest BCUT2D eigenvalue weighted by Gasteiger charge is -2.28. The highest BCUT2D eigenvalue weighted by Gasteiger charge is 2.27. The molecule has 1 heterocycles. The van der Waals surface area contributed by atoms with E-state index in [4.69, 9.17) is 4.74 Å². The van der Waals surface area contributed by atoms with Gasteiger partial charge >= 0.3 is 12.0 Å². The molecule has 0 aromatic heterocycles. The van der Waals surface area contributed by atoms with Gasteiger partial charge in [0.25, 0.3) is 0 Å². The molecule has 20 heavy (non-hydrogen) atoms. The third-order valence-electron chi connectivity index (χ3n) is 2.94. The minimum Gasteiger partial charge on any atom is -0.495 e. The van der Waals surface area contributed by atoms with Crippen molar-refractivity contribution in [3.05, 3.63) is 23.8 Å². The maximum Gasteiger partial charge on any atom is 0.337 e. The lowest BCUT2D eigenvalue weighted by atomic mass is 10.1. The summed E-state index contributed by atoms with van der Waals surface area (Å²) in [5, 5.41) is 2.22. The molecule has 1 fully saturated rings. The number of imide groups is 1. The van der Waals surface area contributed by atoms with Gasteiger partial charge < -0.3 is 9.47 Å². The van der Waals surface area contributed by atoms with Gasteiger partial charge in [0.05, 0.1) is 25.5 Å². The molecule has 1 saturated heterocycles. The van der Waals surface area contributed by atoms with Crippen LogP contribution in [0.3, 0.4) is 0 Å². The molecule has 108 valence electrons. The van der Waals surface area contributed by atoms with Gasteiger partial charge in [-0.05, 0) is 18.2 Å². The molecule has 3 amide bonds. The minimum absolute atomic E-state index is 0. The average Bonchev–Trinajstić information content (AvgIpc) is 2.46. The van der Waals surface area contributed by atoms with Crippen LogP contribution >= 0.6 is 0 Å². The Kier molecular flexibility index (Phi) is 3.88. The van der Waals surface area contributed by atoms with Crippen LogP contribution in [0.2, 0.25) is 0 Å². The molecular weight excluding hydrogens is 264 g/mol. The van der Waals surface area contributed by atoms with Crippen LogP contribution in [0.4, 0.5) is 10.5 Å². The van der Waals surface area contributed by atoms with Crippen molar-refractivity contribution in [3.63, 3.8) is 0 Å². The number of esters is 1. The van der Waals surface area contributed by atoms with Crippen molar-refractivity contribution in [3.8, 4) is 5.75 Å². The van der Waals surface area contributed by atoms with Gasteiger partial charge in [0, 0.05) is 14.4 Å². The smallest absolute Gasteiger partial charge is 0.337 e. The van der Waals surface area contributed by atoms with Crippen LogP contribution in [-0.4, -0.2) is 38.7 Å². The molecule has 1 aromatic carbocycles. The van der Waals surface area contributed by atoms with Gasteiger partial charge in [-0.1, -0.05) is 0 Å². The van der Waals surface area contributed by atoms with E-state index in [-0.39, 0.29) is 20.3 Å². The van der Waals surface area contributed by atoms with E-state index in [1.54, 1.807) is 12.1 Å². The number of rotatable bonds is 3. The van der Waals surface area contributed by atoms with E-state index < -0.39 is 12.0 Å². The fourth-order valence-corrected chi connectivity index (χ4v) is 1.94. The molecule has 7 heteroatoms. The van der Waals surface area contributed by atoms with E-state index in [0.29, 0.717) is 17.0 Å². The second-order valence-electron chi connectivity index (χ2n) is 4.13. The summed E-state index contributed by atoms with van der Waals surface area (Å²) in [7, 11) is 2.74. The van der Waals surface area contributed by atoms with Crippen molar-refractivity contribution in [2.24, 2.45) is 0 Å². The van der Waals surface area contributed by atoms with Crippen molar-refractivity contribution in [2.45, 2.75) is 6.42 Å². The first-order valence-electron chi connectivity index (χ1n) is 5.94. The van der Waals surface area contributed by atoms with E-state index in [1.165, 1.54) is 25.2 Å². The third-order valence-corrected chi connectivity index (χ3v) is 2.94. The summed E-state index contributed by atoms with van der Waals surface area (Å²) in [4.78, 5) is 35.9. The zero-order valence-corrected chi connectivity index (χ0v) is 11.1. The maximum absolute atomic E-state index is 11.8. The molecule has 0 spiro atoms. The van der Waals surface area contributed by atoms with E-state index in [9.17, 15) is 14.4 Å². The highest BCUT2D eigenvalue weighted by atomic mass is 16.5. The molecule has 1 aliphatic rings. The first kappa shape index (κ1) is 13.9. The van der Waals surface area contributed by atoms with Crippen LogP contribution in [0.1, 0.15) is 18.2 Å². The first-order valence-corrected chi connectivity index (χ1v) is 5.94. The summed E-state index contributed by atoms with van der Waals surface area (Å²) in [6, 6.07) is 4.08. The van der Waals surface area contributed by atoms with Crippen LogP contribution in [-0.2, 0) is 9.53 Å². The Labute approximate surface area is 116 Å². The molecule has 0 radical (unpaired) electrons. The second kappa shape index (κ2) is 5.60. The van der Waals surface area contributed by atoms with Crippen LogP contribution in [0.25, 0.3) is 0 Å². The maximum atomic E-state index is 11.8. The highest BCUT2D eigenvalue weighted by molar-refractivity contribution is 6.06. The molecule has 1 aliphatic heterocycles. The predicted octanol–water partition coefficient (Wildman–Crippen LogP) is 1.17. The molecule has 0 aliphatic carbocycles. The van der Waals surface area contributed by atoms with Crippen LogP contribution in [0.15, 0.2) is 18.2 Å². The zero-order chi connectivity index (χ0) is 14.7. The lowest BCUT2D eigenvalue weighted by Crippen LogP contribution is -2.49. The number of nitrogens with zero attached hydrogens (tertiary/aromatic N) is 1.